The molecule has 1 aliphatic rings. The number of nitrogens with zero attached hydrogens (tertiary/aromatic N) is 3. The van der Waals surface area contributed by atoms with Crippen LogP contribution in [0, 0.1) is 0 Å². The summed E-state index contributed by atoms with van der Waals surface area (Å²) in [7, 11) is 0. The smallest absolute Gasteiger partial charge is 0.277 e. The molecule has 0 spiro atoms. The molecule has 144 valence electrons. The van der Waals surface area contributed by atoms with Crippen molar-refractivity contribution in [2.24, 2.45) is 0 Å². The van der Waals surface area contributed by atoms with Gasteiger partial charge in [-0.05, 0) is 36.5 Å². The molecule has 0 fully saturated rings. The number of thioether (sulfide) groups is 1. The summed E-state index contributed by atoms with van der Waals surface area (Å²) in [5.74, 6) is 0.969. The number of hydrogen-bond acceptors (Lipinski definition) is 5. The average molecular weight is 394 g/mol. The Morgan fingerprint density at radius 3 is 2.68 bits per heavy atom. The maximum atomic E-state index is 12.9. The van der Waals surface area contributed by atoms with Crippen LogP contribution in [0.25, 0.3) is 0 Å². The lowest BCUT2D eigenvalue weighted by atomic mass is 9.98. The van der Waals surface area contributed by atoms with Crippen LogP contribution in [0.4, 0.5) is 5.69 Å². The van der Waals surface area contributed by atoms with E-state index in [0.717, 1.165) is 18.7 Å². The zero-order chi connectivity index (χ0) is 19.5. The molecule has 0 saturated heterocycles. The zero-order valence-electron chi connectivity index (χ0n) is 16.0. The molecule has 2 heterocycles. The Balaban J connectivity index is 1.38. The highest BCUT2D eigenvalue weighted by Crippen LogP contribution is 2.31. The number of anilines is 1. The Labute approximate surface area is 169 Å². The largest absolute Gasteiger partial charge is 0.416 e. The number of hydrogen-bond donors (Lipinski definition) is 0. The molecular weight excluding hydrogens is 370 g/mol. The van der Waals surface area contributed by atoms with E-state index in [1.807, 2.05) is 48.2 Å². The molecule has 6 heteroatoms. The highest BCUT2D eigenvalue weighted by atomic mass is 32.2. The van der Waals surface area contributed by atoms with E-state index in [2.05, 4.69) is 35.3 Å². The van der Waals surface area contributed by atoms with E-state index in [0.29, 0.717) is 23.5 Å². The molecular formula is C22H23N3O2S. The zero-order valence-corrected chi connectivity index (χ0v) is 16.9. The molecule has 2 aromatic carbocycles. The third kappa shape index (κ3) is 3.97. The third-order valence-electron chi connectivity index (χ3n) is 5.08. The fourth-order valence-electron chi connectivity index (χ4n) is 3.52. The summed E-state index contributed by atoms with van der Waals surface area (Å²) in [5.41, 5.74) is 3.48. The minimum Gasteiger partial charge on any atom is -0.416 e. The molecule has 0 N–H and O–H groups in total. The lowest BCUT2D eigenvalue weighted by molar-refractivity contribution is -0.117. The summed E-state index contributed by atoms with van der Waals surface area (Å²) < 4.78 is 5.80. The van der Waals surface area contributed by atoms with Crippen molar-refractivity contribution in [1.82, 2.24) is 10.2 Å². The quantitative estimate of drug-likeness (QED) is 0.578. The van der Waals surface area contributed by atoms with Gasteiger partial charge in [0.25, 0.3) is 5.22 Å². The molecule has 2 unspecified atom stereocenters. The monoisotopic (exact) mass is 393 g/mol. The molecule has 1 aromatic heterocycles. The molecule has 2 atom stereocenters. The first-order valence-electron chi connectivity index (χ1n) is 9.55. The van der Waals surface area contributed by atoms with Crippen LogP contribution in [-0.4, -0.2) is 27.9 Å². The number of amides is 1. The summed E-state index contributed by atoms with van der Waals surface area (Å²) in [5, 5.41) is 8.46. The minimum atomic E-state index is -0.286. The molecule has 0 radical (unpaired) electrons. The van der Waals surface area contributed by atoms with Gasteiger partial charge in [-0.1, -0.05) is 67.2 Å². The minimum absolute atomic E-state index is 0.0763. The van der Waals surface area contributed by atoms with E-state index < -0.39 is 0 Å². The van der Waals surface area contributed by atoms with Gasteiger partial charge in [0.2, 0.25) is 11.8 Å². The van der Waals surface area contributed by atoms with Crippen LogP contribution in [-0.2, 0) is 17.6 Å². The van der Waals surface area contributed by atoms with Crippen molar-refractivity contribution in [1.29, 1.82) is 0 Å². The Hall–Kier alpha value is -2.60. The Bertz CT molecular complexity index is 957. The van der Waals surface area contributed by atoms with Crippen LogP contribution >= 0.6 is 11.8 Å². The van der Waals surface area contributed by atoms with E-state index in [1.165, 1.54) is 22.9 Å². The maximum Gasteiger partial charge on any atom is 0.277 e. The summed E-state index contributed by atoms with van der Waals surface area (Å²) in [4.78, 5) is 14.8. The predicted molar refractivity (Wildman–Crippen MR) is 111 cm³/mol. The summed E-state index contributed by atoms with van der Waals surface area (Å²) in [6, 6.07) is 18.4. The average Bonchev–Trinajstić information content (AvgIpc) is 3.35. The van der Waals surface area contributed by atoms with Gasteiger partial charge in [-0.3, -0.25) is 4.79 Å². The second-order valence-corrected chi connectivity index (χ2v) is 8.40. The third-order valence-corrected chi connectivity index (χ3v) is 6.00. The lowest BCUT2D eigenvalue weighted by Crippen LogP contribution is -2.35. The Kier molecular flexibility index (Phi) is 5.48. The molecule has 5 nitrogen and oxygen atoms in total. The van der Waals surface area contributed by atoms with Gasteiger partial charge < -0.3 is 9.32 Å². The number of para-hydroxylation sites is 1. The fourth-order valence-corrected chi connectivity index (χ4v) is 4.28. The summed E-state index contributed by atoms with van der Waals surface area (Å²) in [6.45, 7) is 4.76. The van der Waals surface area contributed by atoms with Crippen molar-refractivity contribution in [2.75, 3.05) is 11.4 Å². The summed E-state index contributed by atoms with van der Waals surface area (Å²) >= 11 is 1.33. The molecule has 4 rings (SSSR count). The topological polar surface area (TPSA) is 59.2 Å². The van der Waals surface area contributed by atoms with Crippen molar-refractivity contribution >= 4 is 23.4 Å². The van der Waals surface area contributed by atoms with Crippen LogP contribution in [0.2, 0.25) is 0 Å². The van der Waals surface area contributed by atoms with Crippen LogP contribution in [0.15, 0.2) is 64.2 Å². The fraction of sp³-hybridized carbons (Fsp3) is 0.318. The van der Waals surface area contributed by atoms with E-state index in [9.17, 15) is 4.79 Å². The molecule has 3 aromatic rings. The van der Waals surface area contributed by atoms with Gasteiger partial charge in [-0.25, -0.2) is 0 Å². The van der Waals surface area contributed by atoms with Gasteiger partial charge in [-0.15, -0.1) is 10.2 Å². The normalized spacial score (nSPS) is 15.3. The number of fused-ring (bicyclic) bond motifs is 1. The summed E-state index contributed by atoms with van der Waals surface area (Å²) in [6.07, 6.45) is 1.58. The van der Waals surface area contributed by atoms with Gasteiger partial charge in [0.1, 0.15) is 0 Å². The van der Waals surface area contributed by atoms with Crippen molar-refractivity contribution in [3.8, 4) is 0 Å². The molecule has 1 amide bonds. The van der Waals surface area contributed by atoms with E-state index >= 15 is 0 Å². The number of benzene rings is 2. The predicted octanol–water partition coefficient (Wildman–Crippen LogP) is 4.49. The molecule has 28 heavy (non-hydrogen) atoms. The highest BCUT2D eigenvalue weighted by molar-refractivity contribution is 8.00. The molecule has 0 bridgehead atoms. The molecule has 1 aliphatic heterocycles. The number of aromatic nitrogens is 2. The van der Waals surface area contributed by atoms with Gasteiger partial charge >= 0.3 is 0 Å². The number of carbonyl (C=O) groups excluding carboxylic acids is 1. The van der Waals surface area contributed by atoms with Crippen molar-refractivity contribution in [3.63, 3.8) is 0 Å². The van der Waals surface area contributed by atoms with Crippen molar-refractivity contribution in [3.05, 3.63) is 71.6 Å². The van der Waals surface area contributed by atoms with E-state index in [1.54, 1.807) is 0 Å². The molecule has 0 aliphatic carbocycles. The standard InChI is InChI=1S/C22H23N3O2S/c1-15(17-8-4-3-5-9-17)14-20-23-24-22(27-20)28-16(2)21(26)25-13-12-18-10-6-7-11-19(18)25/h3-11,15-16H,12-14H2,1-2H3. The van der Waals surface area contributed by atoms with Gasteiger partial charge in [-0.2, -0.15) is 0 Å². The maximum absolute atomic E-state index is 12.9. The van der Waals surface area contributed by atoms with Crippen LogP contribution in [0.1, 0.15) is 36.8 Å². The van der Waals surface area contributed by atoms with Crippen LogP contribution in [0.3, 0.4) is 0 Å². The SMILES string of the molecule is CC(Sc1nnc(CC(C)c2ccccc2)o1)C(=O)N1CCc2ccccc21. The first-order valence-corrected chi connectivity index (χ1v) is 10.4. The lowest BCUT2D eigenvalue weighted by Gasteiger charge is -2.20. The van der Waals surface area contributed by atoms with Crippen molar-refractivity contribution in [2.45, 2.75) is 43.1 Å². The van der Waals surface area contributed by atoms with Crippen molar-refractivity contribution < 1.29 is 9.21 Å². The van der Waals surface area contributed by atoms with Gasteiger partial charge in [0.05, 0.1) is 5.25 Å². The number of rotatable bonds is 6. The van der Waals surface area contributed by atoms with E-state index in [4.69, 9.17) is 4.42 Å². The highest BCUT2D eigenvalue weighted by Gasteiger charge is 2.29. The number of carbonyl (C=O) groups is 1. The Morgan fingerprint density at radius 1 is 1.11 bits per heavy atom. The van der Waals surface area contributed by atoms with Gasteiger partial charge in [0, 0.05) is 18.7 Å². The Morgan fingerprint density at radius 2 is 1.86 bits per heavy atom. The van der Waals surface area contributed by atoms with Crippen LogP contribution in [0.5, 0.6) is 0 Å². The second kappa shape index (κ2) is 8.19. The van der Waals surface area contributed by atoms with Gasteiger partial charge in [0.15, 0.2) is 0 Å². The van der Waals surface area contributed by atoms with E-state index in [-0.39, 0.29) is 11.2 Å². The molecule has 0 saturated carbocycles. The first-order chi connectivity index (χ1) is 13.6. The first kappa shape index (κ1) is 18.7. The second-order valence-electron chi connectivity index (χ2n) is 7.11. The van der Waals surface area contributed by atoms with Crippen LogP contribution < -0.4 is 4.90 Å².